The predicted octanol–water partition coefficient (Wildman–Crippen LogP) is 5.80. The Morgan fingerprint density at radius 3 is 2.21 bits per heavy atom. The van der Waals surface area contributed by atoms with Gasteiger partial charge in [0, 0.05) is 18.1 Å². The Morgan fingerprint density at radius 2 is 1.52 bits per heavy atom. The van der Waals surface area contributed by atoms with Crippen LogP contribution >= 0.6 is 0 Å². The van der Waals surface area contributed by atoms with E-state index in [1.807, 2.05) is 18.2 Å². The summed E-state index contributed by atoms with van der Waals surface area (Å²) < 4.78 is 67.1. The largest absolute Gasteiger partial charge is 0.416 e. The van der Waals surface area contributed by atoms with Gasteiger partial charge in [0.1, 0.15) is 0 Å². The zero-order valence-electron chi connectivity index (χ0n) is 18.3. The van der Waals surface area contributed by atoms with E-state index >= 15 is 0 Å². The number of halogens is 3. The van der Waals surface area contributed by atoms with Crippen LogP contribution in [0.4, 0.5) is 13.2 Å². The first-order chi connectivity index (χ1) is 15.6. The molecule has 8 heteroatoms. The fraction of sp³-hybridized carbons (Fsp3) is 0.360. The Bertz CT molecular complexity index is 1210. The molecular weight excluding hydrogens is 449 g/mol. The van der Waals surface area contributed by atoms with E-state index in [0.717, 1.165) is 59.9 Å². The summed E-state index contributed by atoms with van der Waals surface area (Å²) in [4.78, 5) is -0.165. The van der Waals surface area contributed by atoms with Gasteiger partial charge in [-0.15, -0.1) is 0 Å². The molecule has 33 heavy (non-hydrogen) atoms. The van der Waals surface area contributed by atoms with Crippen LogP contribution in [0.1, 0.15) is 49.8 Å². The van der Waals surface area contributed by atoms with Gasteiger partial charge in [-0.3, -0.25) is 0 Å². The van der Waals surface area contributed by atoms with Crippen molar-refractivity contribution in [2.75, 3.05) is 0 Å². The Balaban J connectivity index is 1.51. The molecule has 176 valence electrons. The van der Waals surface area contributed by atoms with Gasteiger partial charge in [-0.25, -0.2) is 13.1 Å². The first-order valence-corrected chi connectivity index (χ1v) is 12.6. The van der Waals surface area contributed by atoms with Gasteiger partial charge < -0.3 is 5.32 Å². The quantitative estimate of drug-likeness (QED) is 0.473. The first-order valence-electron chi connectivity index (χ1n) is 11.1. The third kappa shape index (κ3) is 5.39. The molecule has 0 amide bonds. The molecule has 1 aliphatic rings. The van der Waals surface area contributed by atoms with E-state index in [0.29, 0.717) is 6.42 Å². The zero-order chi connectivity index (χ0) is 23.6. The Morgan fingerprint density at radius 1 is 0.879 bits per heavy atom. The van der Waals surface area contributed by atoms with Crippen LogP contribution in [0, 0.1) is 0 Å². The molecular formula is C25H27F3N2O2S. The molecule has 2 N–H and O–H groups in total. The molecule has 3 aromatic rings. The summed E-state index contributed by atoms with van der Waals surface area (Å²) in [5.74, 6) is 0. The van der Waals surface area contributed by atoms with Crippen LogP contribution < -0.4 is 10.0 Å². The lowest BCUT2D eigenvalue weighted by atomic mass is 9.89. The molecule has 2 unspecified atom stereocenters. The van der Waals surface area contributed by atoms with E-state index in [1.54, 1.807) is 0 Å². The first kappa shape index (κ1) is 23.7. The maximum absolute atomic E-state index is 12.9. The average molecular weight is 477 g/mol. The molecule has 0 saturated heterocycles. The molecule has 0 spiro atoms. The normalized spacial score (nSPS) is 20.6. The number of nitrogens with one attached hydrogen (secondary N) is 2. The van der Waals surface area contributed by atoms with Crippen LogP contribution in [0.2, 0.25) is 0 Å². The highest BCUT2D eigenvalue weighted by atomic mass is 32.2. The molecule has 0 bridgehead atoms. The number of hydrogen-bond acceptors (Lipinski definition) is 3. The molecule has 0 heterocycles. The van der Waals surface area contributed by atoms with Crippen molar-refractivity contribution < 1.29 is 21.6 Å². The fourth-order valence-electron chi connectivity index (χ4n) is 4.60. The lowest BCUT2D eigenvalue weighted by Crippen LogP contribution is -2.52. The molecule has 4 nitrogen and oxygen atoms in total. The molecule has 1 fully saturated rings. The van der Waals surface area contributed by atoms with Crippen LogP contribution in [0.3, 0.4) is 0 Å². The van der Waals surface area contributed by atoms with E-state index < -0.39 is 21.8 Å². The monoisotopic (exact) mass is 476 g/mol. The summed E-state index contributed by atoms with van der Waals surface area (Å²) in [6, 6.07) is 17.5. The van der Waals surface area contributed by atoms with Crippen molar-refractivity contribution in [3.05, 3.63) is 77.9 Å². The number of benzene rings is 3. The summed E-state index contributed by atoms with van der Waals surface area (Å²) >= 11 is 0. The van der Waals surface area contributed by atoms with Crippen molar-refractivity contribution in [1.29, 1.82) is 0 Å². The summed E-state index contributed by atoms with van der Waals surface area (Å²) in [6.07, 6.45) is -1.15. The summed E-state index contributed by atoms with van der Waals surface area (Å²) in [5.41, 5.74) is 0.269. The Hall–Kier alpha value is -2.42. The highest BCUT2D eigenvalue weighted by molar-refractivity contribution is 7.89. The van der Waals surface area contributed by atoms with Crippen LogP contribution in [0.25, 0.3) is 10.8 Å². The zero-order valence-corrected chi connectivity index (χ0v) is 19.1. The van der Waals surface area contributed by atoms with E-state index in [-0.39, 0.29) is 23.0 Å². The van der Waals surface area contributed by atoms with Gasteiger partial charge in [-0.1, -0.05) is 55.3 Å². The van der Waals surface area contributed by atoms with Gasteiger partial charge in [-0.2, -0.15) is 13.2 Å². The van der Waals surface area contributed by atoms with E-state index in [1.165, 1.54) is 0 Å². The lowest BCUT2D eigenvalue weighted by Gasteiger charge is -2.35. The Labute approximate surface area is 192 Å². The van der Waals surface area contributed by atoms with Crippen molar-refractivity contribution in [2.45, 2.75) is 61.8 Å². The molecule has 0 aromatic heterocycles. The van der Waals surface area contributed by atoms with Gasteiger partial charge in [0.15, 0.2) is 0 Å². The van der Waals surface area contributed by atoms with Crippen molar-refractivity contribution in [3.63, 3.8) is 0 Å². The molecule has 0 aliphatic heterocycles. The van der Waals surface area contributed by atoms with E-state index in [9.17, 15) is 21.6 Å². The maximum Gasteiger partial charge on any atom is 0.416 e. The van der Waals surface area contributed by atoms with Crippen molar-refractivity contribution in [3.8, 4) is 0 Å². The van der Waals surface area contributed by atoms with Crippen LogP contribution in [0.15, 0.2) is 71.6 Å². The van der Waals surface area contributed by atoms with Gasteiger partial charge >= 0.3 is 6.18 Å². The molecule has 1 aliphatic carbocycles. The highest BCUT2D eigenvalue weighted by Gasteiger charge is 2.33. The van der Waals surface area contributed by atoms with Crippen molar-refractivity contribution >= 4 is 20.8 Å². The topological polar surface area (TPSA) is 58.2 Å². The number of alkyl halides is 3. The molecule has 3 atom stereocenters. The van der Waals surface area contributed by atoms with Gasteiger partial charge in [-0.05, 0) is 60.4 Å². The summed E-state index contributed by atoms with van der Waals surface area (Å²) in [5, 5.41) is 5.90. The highest BCUT2D eigenvalue weighted by Crippen LogP contribution is 2.31. The second kappa shape index (κ2) is 9.44. The lowest BCUT2D eigenvalue weighted by molar-refractivity contribution is -0.137. The van der Waals surface area contributed by atoms with E-state index in [2.05, 4.69) is 41.2 Å². The summed E-state index contributed by atoms with van der Waals surface area (Å²) in [7, 11) is -3.95. The second-order valence-corrected chi connectivity index (χ2v) is 10.3. The van der Waals surface area contributed by atoms with Crippen LogP contribution in [-0.2, 0) is 16.2 Å². The van der Waals surface area contributed by atoms with Gasteiger partial charge in [0.25, 0.3) is 0 Å². The van der Waals surface area contributed by atoms with Crippen LogP contribution in [0.5, 0.6) is 0 Å². The minimum atomic E-state index is -4.51. The molecule has 3 aromatic carbocycles. The van der Waals surface area contributed by atoms with Gasteiger partial charge in [0.2, 0.25) is 10.0 Å². The second-order valence-electron chi connectivity index (χ2n) is 8.60. The number of fused-ring (bicyclic) bond motifs is 1. The van der Waals surface area contributed by atoms with E-state index in [4.69, 9.17) is 0 Å². The van der Waals surface area contributed by atoms with Crippen molar-refractivity contribution in [2.24, 2.45) is 0 Å². The number of hydrogen-bond donors (Lipinski definition) is 2. The molecule has 4 rings (SSSR count). The third-order valence-electron chi connectivity index (χ3n) is 6.32. The third-order valence-corrected chi connectivity index (χ3v) is 7.82. The van der Waals surface area contributed by atoms with Crippen molar-refractivity contribution in [1.82, 2.24) is 10.0 Å². The van der Waals surface area contributed by atoms with Gasteiger partial charge in [0.05, 0.1) is 10.5 Å². The molecule has 1 saturated carbocycles. The Kier molecular flexibility index (Phi) is 6.79. The fourth-order valence-corrected chi connectivity index (χ4v) is 5.91. The SMILES string of the molecule is CC(N[C@H]1CCCCC1NS(=O)(=O)c1ccc(C(F)(F)F)cc1)c1cccc2ccccc12. The predicted molar refractivity (Wildman–Crippen MR) is 123 cm³/mol. The summed E-state index contributed by atoms with van der Waals surface area (Å²) in [6.45, 7) is 2.07. The van der Waals surface area contributed by atoms with Crippen LogP contribution in [-0.4, -0.2) is 20.5 Å². The maximum atomic E-state index is 12.9. The average Bonchev–Trinajstić information content (AvgIpc) is 2.79. The number of sulfonamides is 1. The minimum Gasteiger partial charge on any atom is -0.306 e. The number of rotatable bonds is 6. The standard InChI is InChI=1S/C25H27F3N2O2S/c1-17(21-10-6-8-18-7-2-3-9-22(18)21)29-23-11-4-5-12-24(23)30-33(31,32)20-15-13-19(14-16-20)25(26,27)28/h2-3,6-10,13-17,23-24,29-30H,4-5,11-12H2,1H3/t17?,23-,24?/m0/s1. The minimum absolute atomic E-state index is 0.00252. The molecule has 0 radical (unpaired) electrons. The smallest absolute Gasteiger partial charge is 0.306 e.